The topological polar surface area (TPSA) is 55.4 Å². The standard InChI is InChI=1S/C23H35NO3/c1-3-4-5-6-7-8-12-17-22(18-13-14-20(2)25)24-23(26)27-19-21-15-10-9-11-16-21/h9-11,13-16,22H,3-8,12,17-19H2,1-2H3,(H,24,26)/b14-13+/t22-/m1/s1. The number of unbranched alkanes of at least 4 members (excludes halogenated alkanes) is 6. The van der Waals surface area contributed by atoms with Crippen molar-refractivity contribution in [1.29, 1.82) is 0 Å². The number of nitrogens with one attached hydrogen (secondary N) is 1. The van der Waals surface area contributed by atoms with Gasteiger partial charge in [-0.3, -0.25) is 4.79 Å². The molecule has 1 atom stereocenters. The van der Waals surface area contributed by atoms with Gasteiger partial charge in [-0.15, -0.1) is 0 Å². The van der Waals surface area contributed by atoms with Gasteiger partial charge in [-0.1, -0.05) is 88.3 Å². The van der Waals surface area contributed by atoms with E-state index in [9.17, 15) is 9.59 Å². The Morgan fingerprint density at radius 2 is 1.70 bits per heavy atom. The molecule has 1 aromatic rings. The van der Waals surface area contributed by atoms with Crippen LogP contribution in [-0.2, 0) is 16.1 Å². The first-order valence-corrected chi connectivity index (χ1v) is 10.3. The van der Waals surface area contributed by atoms with Crippen LogP contribution in [0.25, 0.3) is 0 Å². The van der Waals surface area contributed by atoms with Crippen LogP contribution in [0, 0.1) is 0 Å². The molecule has 0 saturated carbocycles. The number of ether oxygens (including phenoxy) is 1. The van der Waals surface area contributed by atoms with Gasteiger partial charge in [-0.05, 0) is 31.4 Å². The van der Waals surface area contributed by atoms with Crippen molar-refractivity contribution in [3.8, 4) is 0 Å². The second-order valence-electron chi connectivity index (χ2n) is 7.06. The van der Waals surface area contributed by atoms with Crippen LogP contribution in [0.3, 0.4) is 0 Å². The molecular weight excluding hydrogens is 338 g/mol. The Morgan fingerprint density at radius 3 is 2.37 bits per heavy atom. The van der Waals surface area contributed by atoms with Crippen LogP contribution in [0.15, 0.2) is 42.5 Å². The first-order valence-electron chi connectivity index (χ1n) is 10.3. The summed E-state index contributed by atoms with van der Waals surface area (Å²) in [5.41, 5.74) is 0.966. The molecule has 4 heteroatoms. The van der Waals surface area contributed by atoms with Gasteiger partial charge in [-0.2, -0.15) is 0 Å². The monoisotopic (exact) mass is 373 g/mol. The summed E-state index contributed by atoms with van der Waals surface area (Å²) < 4.78 is 5.32. The van der Waals surface area contributed by atoms with E-state index < -0.39 is 6.09 Å². The number of carbonyl (C=O) groups excluding carboxylic acids is 2. The van der Waals surface area contributed by atoms with Crippen molar-refractivity contribution in [2.24, 2.45) is 0 Å². The number of allylic oxidation sites excluding steroid dienone is 1. The molecule has 0 fully saturated rings. The lowest BCUT2D eigenvalue weighted by molar-refractivity contribution is -0.112. The third-order valence-corrected chi connectivity index (χ3v) is 4.46. The Bertz CT molecular complexity index is 554. The normalized spacial score (nSPS) is 12.1. The molecule has 0 heterocycles. The van der Waals surface area contributed by atoms with Crippen LogP contribution in [0.2, 0.25) is 0 Å². The minimum Gasteiger partial charge on any atom is -0.445 e. The molecule has 150 valence electrons. The third-order valence-electron chi connectivity index (χ3n) is 4.46. The molecule has 0 aliphatic heterocycles. The maximum atomic E-state index is 12.1. The minimum atomic E-state index is -0.400. The Labute approximate surface area is 164 Å². The number of benzene rings is 1. The molecule has 0 aliphatic rings. The van der Waals surface area contributed by atoms with E-state index in [1.54, 1.807) is 6.08 Å². The molecule has 27 heavy (non-hydrogen) atoms. The first-order chi connectivity index (χ1) is 13.1. The minimum absolute atomic E-state index is 0.000449. The quantitative estimate of drug-likeness (QED) is 0.323. The maximum Gasteiger partial charge on any atom is 0.407 e. The van der Waals surface area contributed by atoms with E-state index >= 15 is 0 Å². The van der Waals surface area contributed by atoms with E-state index in [0.29, 0.717) is 6.42 Å². The summed E-state index contributed by atoms with van der Waals surface area (Å²) >= 11 is 0. The van der Waals surface area contributed by atoms with Crippen molar-refractivity contribution in [1.82, 2.24) is 5.32 Å². The fourth-order valence-electron chi connectivity index (χ4n) is 2.93. The predicted molar refractivity (Wildman–Crippen MR) is 111 cm³/mol. The fraction of sp³-hybridized carbons (Fsp3) is 0.565. The van der Waals surface area contributed by atoms with Gasteiger partial charge < -0.3 is 10.1 Å². The maximum absolute atomic E-state index is 12.1. The Balaban J connectivity index is 2.35. The molecule has 0 bridgehead atoms. The number of rotatable bonds is 14. The summed E-state index contributed by atoms with van der Waals surface area (Å²) in [4.78, 5) is 23.2. The second kappa shape index (κ2) is 15.0. The second-order valence-corrected chi connectivity index (χ2v) is 7.06. The van der Waals surface area contributed by atoms with Crippen LogP contribution >= 0.6 is 0 Å². The predicted octanol–water partition coefficient (Wildman–Crippen LogP) is 5.96. The number of hydrogen-bond donors (Lipinski definition) is 1. The van der Waals surface area contributed by atoms with Gasteiger partial charge >= 0.3 is 6.09 Å². The zero-order valence-corrected chi connectivity index (χ0v) is 16.9. The molecule has 0 radical (unpaired) electrons. The van der Waals surface area contributed by atoms with E-state index in [0.717, 1.165) is 18.4 Å². The summed E-state index contributed by atoms with van der Waals surface area (Å²) in [5, 5.41) is 2.95. The van der Waals surface area contributed by atoms with Crippen LogP contribution < -0.4 is 5.32 Å². The molecule has 0 unspecified atom stereocenters. The molecule has 0 aromatic heterocycles. The van der Waals surface area contributed by atoms with E-state index in [1.807, 2.05) is 36.4 Å². The van der Waals surface area contributed by atoms with Crippen molar-refractivity contribution >= 4 is 11.9 Å². The Hall–Kier alpha value is -2.10. The highest BCUT2D eigenvalue weighted by Gasteiger charge is 2.12. The highest BCUT2D eigenvalue weighted by Crippen LogP contribution is 2.12. The molecule has 1 aromatic carbocycles. The van der Waals surface area contributed by atoms with Crippen molar-refractivity contribution in [2.75, 3.05) is 0 Å². The number of amides is 1. The van der Waals surface area contributed by atoms with Crippen molar-refractivity contribution in [3.63, 3.8) is 0 Å². The van der Waals surface area contributed by atoms with E-state index in [2.05, 4.69) is 12.2 Å². The molecule has 1 N–H and O–H groups in total. The zero-order valence-electron chi connectivity index (χ0n) is 16.9. The van der Waals surface area contributed by atoms with Crippen LogP contribution in [0.4, 0.5) is 4.79 Å². The lowest BCUT2D eigenvalue weighted by Crippen LogP contribution is -2.35. The van der Waals surface area contributed by atoms with E-state index in [4.69, 9.17) is 4.74 Å². The average Bonchev–Trinajstić information content (AvgIpc) is 2.66. The molecule has 0 spiro atoms. The highest BCUT2D eigenvalue weighted by atomic mass is 16.5. The van der Waals surface area contributed by atoms with Gasteiger partial charge in [0.15, 0.2) is 5.78 Å². The molecule has 0 saturated heterocycles. The Kier molecular flexibility index (Phi) is 12.7. The van der Waals surface area contributed by atoms with Crippen molar-refractivity contribution in [2.45, 2.75) is 84.3 Å². The van der Waals surface area contributed by atoms with E-state index in [-0.39, 0.29) is 18.4 Å². The zero-order chi connectivity index (χ0) is 19.7. The van der Waals surface area contributed by atoms with Crippen molar-refractivity contribution < 1.29 is 14.3 Å². The molecule has 1 amide bonds. The molecule has 1 rings (SSSR count). The van der Waals surface area contributed by atoms with E-state index in [1.165, 1.54) is 45.4 Å². The molecule has 0 aliphatic carbocycles. The van der Waals surface area contributed by atoms with Gasteiger partial charge in [0.1, 0.15) is 6.61 Å². The lowest BCUT2D eigenvalue weighted by Gasteiger charge is -2.17. The molecular formula is C23H35NO3. The summed E-state index contributed by atoms with van der Waals surface area (Å²) in [6, 6.07) is 9.64. The van der Waals surface area contributed by atoms with Gasteiger partial charge in [0.25, 0.3) is 0 Å². The first kappa shape index (κ1) is 22.9. The number of ketones is 1. The third kappa shape index (κ3) is 12.8. The van der Waals surface area contributed by atoms with Gasteiger partial charge in [0, 0.05) is 6.04 Å². The van der Waals surface area contributed by atoms with Crippen LogP contribution in [0.5, 0.6) is 0 Å². The number of alkyl carbamates (subject to hydrolysis) is 1. The molecule has 4 nitrogen and oxygen atoms in total. The van der Waals surface area contributed by atoms with Gasteiger partial charge in [-0.25, -0.2) is 4.79 Å². The Morgan fingerprint density at radius 1 is 1.04 bits per heavy atom. The van der Waals surface area contributed by atoms with Crippen LogP contribution in [-0.4, -0.2) is 17.9 Å². The largest absolute Gasteiger partial charge is 0.445 e. The van der Waals surface area contributed by atoms with Crippen LogP contribution in [0.1, 0.15) is 77.2 Å². The number of hydrogen-bond acceptors (Lipinski definition) is 3. The summed E-state index contributed by atoms with van der Waals surface area (Å²) in [6.45, 7) is 4.02. The smallest absolute Gasteiger partial charge is 0.407 e. The average molecular weight is 374 g/mol. The van der Waals surface area contributed by atoms with Gasteiger partial charge in [0.05, 0.1) is 0 Å². The lowest BCUT2D eigenvalue weighted by atomic mass is 10.0. The SMILES string of the molecule is CCCCCCCCC[C@H](C/C=C/C(C)=O)NC(=O)OCc1ccccc1. The van der Waals surface area contributed by atoms with Crippen molar-refractivity contribution in [3.05, 3.63) is 48.0 Å². The summed E-state index contributed by atoms with van der Waals surface area (Å²) in [7, 11) is 0. The fourth-order valence-corrected chi connectivity index (χ4v) is 2.93. The van der Waals surface area contributed by atoms with Gasteiger partial charge in [0.2, 0.25) is 0 Å². The summed E-state index contributed by atoms with van der Waals surface area (Å²) in [6.07, 6.45) is 13.2. The number of carbonyl (C=O) groups is 2. The summed E-state index contributed by atoms with van der Waals surface area (Å²) in [5.74, 6) is 0.0244. The highest BCUT2D eigenvalue weighted by molar-refractivity contribution is 5.87.